The number of benzene rings is 4. The van der Waals surface area contributed by atoms with E-state index in [1.807, 2.05) is 60.7 Å². The Hall–Kier alpha value is -5.38. The first-order chi connectivity index (χ1) is 33.0. The molecule has 1 aliphatic heterocycles. The average molecular weight is 984 g/mol. The van der Waals surface area contributed by atoms with Crippen LogP contribution in [0.3, 0.4) is 0 Å². The lowest BCUT2D eigenvalue weighted by atomic mass is 9.74. The first-order valence-electron chi connectivity index (χ1n) is 23.1. The molecular weight excluding hydrogens is 927 g/mol. The smallest absolute Gasteiger partial charge is 0.266 e. The third-order valence-corrected chi connectivity index (χ3v) is 18.6. The quantitative estimate of drug-likeness (QED) is 0.0481. The molecule has 14 heteroatoms. The summed E-state index contributed by atoms with van der Waals surface area (Å²) in [6, 6.07) is 36.8. The van der Waals surface area contributed by atoms with Gasteiger partial charge in [0.25, 0.3) is 11.8 Å². The molecule has 0 saturated carbocycles. The number of thiophene rings is 2. The van der Waals surface area contributed by atoms with Crippen molar-refractivity contribution < 1.29 is 24.7 Å². The highest BCUT2D eigenvalue weighted by Crippen LogP contribution is 2.48. The minimum Gasteiger partial charge on any atom is -0.497 e. The van der Waals surface area contributed by atoms with Crippen LogP contribution < -0.4 is 15.4 Å². The van der Waals surface area contributed by atoms with Gasteiger partial charge in [0, 0.05) is 47.3 Å². The number of methoxy groups -OCH3 is 1. The molecule has 9 rings (SSSR count). The van der Waals surface area contributed by atoms with E-state index in [9.17, 15) is 20.0 Å². The number of oxime groups is 2. The fourth-order valence-electron chi connectivity index (χ4n) is 9.95. The van der Waals surface area contributed by atoms with Crippen molar-refractivity contribution in [2.24, 2.45) is 21.6 Å². The number of hydrogen-bond donors (Lipinski definition) is 4. The van der Waals surface area contributed by atoms with Gasteiger partial charge in [-0.1, -0.05) is 109 Å². The molecule has 0 spiro atoms. The van der Waals surface area contributed by atoms with E-state index in [1.54, 1.807) is 30.6 Å². The van der Waals surface area contributed by atoms with Gasteiger partial charge >= 0.3 is 0 Å². The first-order valence-corrected chi connectivity index (χ1v) is 26.7. The molecular formula is C54H57N5O5S4. The fourth-order valence-corrected chi connectivity index (χ4v) is 15.0. The zero-order valence-corrected chi connectivity index (χ0v) is 42.1. The minimum atomic E-state index is -0.170. The fraction of sp³-hybridized carbons (Fsp3) is 0.333. The van der Waals surface area contributed by atoms with Gasteiger partial charge in [-0.05, 0) is 121 Å². The zero-order valence-electron chi connectivity index (χ0n) is 38.8. The number of fused-ring (bicyclic) bond motifs is 2. The SMILES string of the molecule is COc1ccc(C2C/C(=N\O)c3c(SCc4cccc(C5CC(CNC(=O)c6sc(SCc7ccccc7)c7c6CC(C)(C)C/C7=N\O)CCN5C)c4)sc(C(=O)Nc4ccccc4)c3C2)cc1. The van der Waals surface area contributed by atoms with E-state index in [0.29, 0.717) is 53.8 Å². The Morgan fingerprint density at radius 2 is 1.41 bits per heavy atom. The first kappa shape index (κ1) is 47.7. The molecule has 2 amide bonds. The van der Waals surface area contributed by atoms with Crippen molar-refractivity contribution in [3.63, 3.8) is 0 Å². The van der Waals surface area contributed by atoms with Gasteiger partial charge in [0.2, 0.25) is 0 Å². The number of anilines is 1. The molecule has 2 aromatic heterocycles. The van der Waals surface area contributed by atoms with Crippen LogP contribution in [0, 0.1) is 11.3 Å². The summed E-state index contributed by atoms with van der Waals surface area (Å²) in [6.07, 6.45) is 4.48. The van der Waals surface area contributed by atoms with Gasteiger partial charge in [-0.2, -0.15) is 0 Å². The molecule has 0 radical (unpaired) electrons. The van der Waals surface area contributed by atoms with E-state index in [1.165, 1.54) is 39.4 Å². The minimum absolute atomic E-state index is 0.0296. The molecule has 3 aliphatic rings. The van der Waals surface area contributed by atoms with Crippen molar-refractivity contribution in [1.82, 2.24) is 10.2 Å². The van der Waals surface area contributed by atoms with Gasteiger partial charge < -0.3 is 25.8 Å². The monoisotopic (exact) mass is 983 g/mol. The van der Waals surface area contributed by atoms with Crippen LogP contribution >= 0.6 is 46.2 Å². The van der Waals surface area contributed by atoms with Crippen molar-refractivity contribution in [1.29, 1.82) is 0 Å². The Balaban J connectivity index is 0.901. The second-order valence-electron chi connectivity index (χ2n) is 18.9. The molecule has 3 unspecified atom stereocenters. The van der Waals surface area contributed by atoms with Gasteiger partial charge in [-0.25, -0.2) is 0 Å². The van der Waals surface area contributed by atoms with Crippen LogP contribution in [0.25, 0.3) is 0 Å². The Kier molecular flexibility index (Phi) is 14.8. The number of amides is 2. The number of likely N-dealkylation sites (tertiary alicyclic amines) is 1. The van der Waals surface area contributed by atoms with Gasteiger partial charge in [0.05, 0.1) is 36.7 Å². The second kappa shape index (κ2) is 21.1. The third kappa shape index (κ3) is 10.6. The molecule has 68 heavy (non-hydrogen) atoms. The van der Waals surface area contributed by atoms with Crippen molar-refractivity contribution in [2.45, 2.75) is 84.3 Å². The Labute approximate surface area is 415 Å². The number of nitrogens with one attached hydrogen (secondary N) is 2. The number of hydrogen-bond acceptors (Lipinski definition) is 12. The van der Waals surface area contributed by atoms with E-state index in [-0.39, 0.29) is 29.2 Å². The highest BCUT2D eigenvalue weighted by Gasteiger charge is 2.38. The van der Waals surface area contributed by atoms with Crippen molar-refractivity contribution in [3.05, 3.63) is 163 Å². The van der Waals surface area contributed by atoms with Crippen LogP contribution in [0.2, 0.25) is 0 Å². The Morgan fingerprint density at radius 1 is 0.765 bits per heavy atom. The van der Waals surface area contributed by atoms with Crippen LogP contribution in [-0.4, -0.2) is 65.8 Å². The molecule has 4 N–H and O–H groups in total. The molecule has 352 valence electrons. The maximum atomic E-state index is 14.2. The summed E-state index contributed by atoms with van der Waals surface area (Å²) in [7, 11) is 3.84. The number of nitrogens with zero attached hydrogens (tertiary/aromatic N) is 3. The largest absolute Gasteiger partial charge is 0.497 e. The lowest BCUT2D eigenvalue weighted by Gasteiger charge is -2.37. The standard InChI is InChI=1S/C54H57N5O5S4/c1-54(2)28-42-47(44(29-54)58-63)53(65-31-33-12-7-5-8-13-33)68-49(42)50(60)55-30-34-22-23-59(3)45(25-34)37-15-11-14-35(24-37)32-66-52-46-41(48(67-52)51(61)56-39-16-9-6-10-17-39)26-38(27-43(46)57-62)36-18-20-40(64-4)21-19-36/h5-21,24,34,38,45,62-63H,22-23,25-32H2,1-4H3,(H,55,60)(H,56,61)/b57-43+,58-44+. The molecule has 6 aromatic rings. The molecule has 0 bridgehead atoms. The van der Waals surface area contributed by atoms with Crippen molar-refractivity contribution >= 4 is 75.1 Å². The molecule has 10 nitrogen and oxygen atoms in total. The van der Waals surface area contributed by atoms with E-state index >= 15 is 0 Å². The number of ether oxygens (including phenoxy) is 1. The molecule has 1 fully saturated rings. The van der Waals surface area contributed by atoms with Gasteiger partial charge in [-0.3, -0.25) is 14.5 Å². The second-order valence-corrected chi connectivity index (χ2v) is 23.4. The van der Waals surface area contributed by atoms with Gasteiger partial charge in [0.1, 0.15) is 5.75 Å². The van der Waals surface area contributed by atoms with Crippen LogP contribution in [0.4, 0.5) is 5.69 Å². The topological polar surface area (TPSA) is 136 Å². The lowest BCUT2D eigenvalue weighted by Crippen LogP contribution is -2.39. The van der Waals surface area contributed by atoms with E-state index in [4.69, 9.17) is 4.74 Å². The molecule has 1 saturated heterocycles. The van der Waals surface area contributed by atoms with E-state index < -0.39 is 0 Å². The summed E-state index contributed by atoms with van der Waals surface area (Å²) in [5, 5.41) is 34.8. The predicted molar refractivity (Wildman–Crippen MR) is 278 cm³/mol. The Bertz CT molecular complexity index is 2820. The lowest BCUT2D eigenvalue weighted by molar-refractivity contribution is 0.0925. The number of para-hydroxylation sites is 1. The van der Waals surface area contributed by atoms with E-state index in [2.05, 4.69) is 95.3 Å². The van der Waals surface area contributed by atoms with Crippen LogP contribution in [0.15, 0.2) is 128 Å². The highest BCUT2D eigenvalue weighted by molar-refractivity contribution is 8.00. The number of carbonyl (C=O) groups is 2. The van der Waals surface area contributed by atoms with Gasteiger partial charge in [0.15, 0.2) is 0 Å². The maximum Gasteiger partial charge on any atom is 0.266 e. The van der Waals surface area contributed by atoms with Crippen LogP contribution in [0.1, 0.15) is 115 Å². The summed E-state index contributed by atoms with van der Waals surface area (Å²) in [4.78, 5) is 32.0. The molecule has 3 atom stereocenters. The van der Waals surface area contributed by atoms with Gasteiger partial charge in [-0.15, -0.1) is 46.2 Å². The highest BCUT2D eigenvalue weighted by atomic mass is 32.2. The normalized spacial score (nSPS) is 20.1. The Morgan fingerprint density at radius 3 is 2.10 bits per heavy atom. The van der Waals surface area contributed by atoms with Crippen LogP contribution in [-0.2, 0) is 24.3 Å². The zero-order chi connectivity index (χ0) is 47.4. The van der Waals surface area contributed by atoms with E-state index in [0.717, 1.165) is 84.1 Å². The number of carbonyl (C=O) groups excluding carboxylic acids is 2. The maximum absolute atomic E-state index is 14.2. The summed E-state index contributed by atoms with van der Waals surface area (Å²) >= 11 is 6.39. The summed E-state index contributed by atoms with van der Waals surface area (Å²) in [5.41, 5.74) is 10.3. The number of thioether (sulfide) groups is 2. The third-order valence-electron chi connectivity index (χ3n) is 13.4. The summed E-state index contributed by atoms with van der Waals surface area (Å²) in [5.74, 6) is 2.32. The summed E-state index contributed by atoms with van der Waals surface area (Å²) in [6.45, 7) is 5.84. The van der Waals surface area contributed by atoms with Crippen LogP contribution in [0.5, 0.6) is 5.75 Å². The number of rotatable bonds is 14. The average Bonchev–Trinajstić information content (AvgIpc) is 3.92. The van der Waals surface area contributed by atoms with Crippen molar-refractivity contribution in [2.75, 3.05) is 32.6 Å². The summed E-state index contributed by atoms with van der Waals surface area (Å²) < 4.78 is 7.41. The molecule has 2 aliphatic carbocycles. The molecule has 4 aromatic carbocycles. The predicted octanol–water partition coefficient (Wildman–Crippen LogP) is 12.5. The number of piperidine rings is 1. The molecule has 3 heterocycles. The van der Waals surface area contributed by atoms with Crippen molar-refractivity contribution in [3.8, 4) is 5.75 Å².